The lowest BCUT2D eigenvalue weighted by molar-refractivity contribution is 0.0923. The molecule has 3 rings (SSSR count). The largest absolute Gasteiger partial charge is 0.378 e. The number of ether oxygens (including phenoxy) is 2. The first-order chi connectivity index (χ1) is 11.2. The summed E-state index contributed by atoms with van der Waals surface area (Å²) in [6, 6.07) is 0. The molecule has 0 aromatic carbocycles. The fraction of sp³-hybridized carbons (Fsp3) is 0.600. The standard InChI is InChI=1S/C15H22IN4O2S/c1-23(2)8-7-22-11-20-9-12(16)13-14(17-10-18-15(13)20)19-3-5-21-6-4-19/h9-10H,3-8,11H2,1-2H3/q+1. The van der Waals surface area contributed by atoms with Crippen LogP contribution < -0.4 is 4.90 Å². The van der Waals surface area contributed by atoms with Crippen molar-refractivity contribution in [1.29, 1.82) is 0 Å². The molecule has 3 heterocycles. The van der Waals surface area contributed by atoms with Crippen LogP contribution in [0.3, 0.4) is 0 Å². The molecule has 0 saturated carbocycles. The SMILES string of the molecule is C[S+](C)CCOCn1cc(I)c2c(N3CCOCC3)ncnc21. The van der Waals surface area contributed by atoms with Crippen molar-refractivity contribution in [2.45, 2.75) is 6.73 Å². The Kier molecular flexibility index (Phi) is 6.00. The first-order valence-corrected chi connectivity index (χ1v) is 10.9. The van der Waals surface area contributed by atoms with Crippen molar-refractivity contribution in [3.63, 3.8) is 0 Å². The van der Waals surface area contributed by atoms with Gasteiger partial charge in [0.25, 0.3) is 0 Å². The summed E-state index contributed by atoms with van der Waals surface area (Å²) in [4.78, 5) is 11.3. The maximum absolute atomic E-state index is 5.81. The minimum absolute atomic E-state index is 0.418. The van der Waals surface area contributed by atoms with Gasteiger partial charge in [-0.1, -0.05) is 0 Å². The van der Waals surface area contributed by atoms with Gasteiger partial charge in [-0.25, -0.2) is 9.97 Å². The van der Waals surface area contributed by atoms with E-state index >= 15 is 0 Å². The molecule has 1 aliphatic heterocycles. The lowest BCUT2D eigenvalue weighted by Crippen LogP contribution is -2.36. The van der Waals surface area contributed by atoms with Crippen LogP contribution in [0.1, 0.15) is 0 Å². The number of hydrogen-bond acceptors (Lipinski definition) is 5. The molecule has 0 atom stereocenters. The van der Waals surface area contributed by atoms with Crippen molar-refractivity contribution in [3.8, 4) is 0 Å². The van der Waals surface area contributed by atoms with Crippen LogP contribution in [0.25, 0.3) is 11.0 Å². The van der Waals surface area contributed by atoms with Crippen LogP contribution in [0, 0.1) is 3.57 Å². The number of halogens is 1. The van der Waals surface area contributed by atoms with E-state index in [1.54, 1.807) is 6.33 Å². The van der Waals surface area contributed by atoms with Crippen LogP contribution in [0.15, 0.2) is 12.5 Å². The third-order valence-corrected chi connectivity index (χ3v) is 5.57. The number of nitrogens with zero attached hydrogens (tertiary/aromatic N) is 4. The number of aromatic nitrogens is 3. The van der Waals surface area contributed by atoms with Crippen molar-refractivity contribution < 1.29 is 9.47 Å². The normalized spacial score (nSPS) is 15.7. The quantitative estimate of drug-likeness (QED) is 0.382. The molecule has 0 unspecified atom stereocenters. The Labute approximate surface area is 153 Å². The van der Waals surface area contributed by atoms with Gasteiger partial charge in [-0.05, 0) is 33.5 Å². The second-order valence-electron chi connectivity index (χ2n) is 5.67. The Bertz CT molecular complexity index is 658. The molecule has 0 aliphatic carbocycles. The lowest BCUT2D eigenvalue weighted by atomic mass is 10.3. The minimum atomic E-state index is 0.418. The van der Waals surface area contributed by atoms with E-state index in [4.69, 9.17) is 9.47 Å². The van der Waals surface area contributed by atoms with Crippen LogP contribution in [0.2, 0.25) is 0 Å². The summed E-state index contributed by atoms with van der Waals surface area (Å²) in [5.41, 5.74) is 0.942. The van der Waals surface area contributed by atoms with Crippen LogP contribution in [0.5, 0.6) is 0 Å². The molecule has 126 valence electrons. The van der Waals surface area contributed by atoms with E-state index < -0.39 is 0 Å². The van der Waals surface area contributed by atoms with E-state index in [1.165, 1.54) is 0 Å². The van der Waals surface area contributed by atoms with Crippen molar-refractivity contribution in [3.05, 3.63) is 16.1 Å². The number of rotatable bonds is 6. The summed E-state index contributed by atoms with van der Waals surface area (Å²) in [5, 5.41) is 1.12. The second-order valence-corrected chi connectivity index (χ2v) is 9.21. The molecule has 1 fully saturated rings. The summed E-state index contributed by atoms with van der Waals surface area (Å²) in [7, 11) is 0.418. The van der Waals surface area contributed by atoms with Gasteiger partial charge >= 0.3 is 0 Å². The maximum Gasteiger partial charge on any atom is 0.148 e. The van der Waals surface area contributed by atoms with Crippen molar-refractivity contribution in [1.82, 2.24) is 14.5 Å². The van der Waals surface area contributed by atoms with Gasteiger partial charge < -0.3 is 18.9 Å². The molecule has 2 aromatic rings. The summed E-state index contributed by atoms with van der Waals surface area (Å²) < 4.78 is 14.5. The highest BCUT2D eigenvalue weighted by Crippen LogP contribution is 2.29. The van der Waals surface area contributed by atoms with Crippen LogP contribution in [-0.2, 0) is 27.1 Å². The molecule has 0 N–H and O–H groups in total. The van der Waals surface area contributed by atoms with Crippen LogP contribution in [-0.4, -0.2) is 65.7 Å². The van der Waals surface area contributed by atoms with E-state index in [9.17, 15) is 0 Å². The van der Waals surface area contributed by atoms with Gasteiger partial charge in [0.05, 0.1) is 37.7 Å². The highest BCUT2D eigenvalue weighted by molar-refractivity contribution is 14.1. The topological polar surface area (TPSA) is 52.4 Å². The van der Waals surface area contributed by atoms with E-state index in [0.29, 0.717) is 17.6 Å². The number of hydrogen-bond donors (Lipinski definition) is 0. The Balaban J connectivity index is 1.81. The first-order valence-electron chi connectivity index (χ1n) is 7.61. The second kappa shape index (κ2) is 8.00. The third-order valence-electron chi connectivity index (χ3n) is 3.76. The zero-order chi connectivity index (χ0) is 16.2. The van der Waals surface area contributed by atoms with Gasteiger partial charge in [-0.3, -0.25) is 0 Å². The molecule has 8 heteroatoms. The van der Waals surface area contributed by atoms with Gasteiger partial charge in [0.2, 0.25) is 0 Å². The maximum atomic E-state index is 5.81. The lowest BCUT2D eigenvalue weighted by Gasteiger charge is -2.28. The molecular weight excluding hydrogens is 427 g/mol. The Morgan fingerprint density at radius 2 is 2.09 bits per heavy atom. The number of morpholine rings is 1. The van der Waals surface area contributed by atoms with Crippen LogP contribution >= 0.6 is 22.6 Å². The van der Waals surface area contributed by atoms with E-state index in [-0.39, 0.29) is 0 Å². The molecule has 0 amide bonds. The van der Waals surface area contributed by atoms with Gasteiger partial charge in [0.1, 0.15) is 30.3 Å². The first kappa shape index (κ1) is 17.2. The van der Waals surface area contributed by atoms with Gasteiger partial charge in [0, 0.05) is 22.9 Å². The van der Waals surface area contributed by atoms with Gasteiger partial charge in [-0.15, -0.1) is 0 Å². The zero-order valence-corrected chi connectivity index (χ0v) is 16.5. The smallest absolute Gasteiger partial charge is 0.148 e. The predicted molar refractivity (Wildman–Crippen MR) is 103 cm³/mol. The molecule has 1 saturated heterocycles. The molecule has 2 aromatic heterocycles. The van der Waals surface area contributed by atoms with E-state index in [0.717, 1.165) is 59.1 Å². The predicted octanol–water partition coefficient (Wildman–Crippen LogP) is 1.72. The Morgan fingerprint density at radius 1 is 1.30 bits per heavy atom. The fourth-order valence-corrected chi connectivity index (χ4v) is 3.83. The number of anilines is 1. The molecule has 1 aliphatic rings. The molecular formula is C15H22IN4O2S+. The average Bonchev–Trinajstić information content (AvgIpc) is 2.89. The molecule has 0 spiro atoms. The summed E-state index contributed by atoms with van der Waals surface area (Å²) in [6.07, 6.45) is 8.22. The van der Waals surface area contributed by atoms with Crippen molar-refractivity contribution in [2.24, 2.45) is 0 Å². The van der Waals surface area contributed by atoms with Crippen LogP contribution in [0.4, 0.5) is 5.82 Å². The molecule has 0 bridgehead atoms. The monoisotopic (exact) mass is 449 g/mol. The minimum Gasteiger partial charge on any atom is -0.378 e. The van der Waals surface area contributed by atoms with Crippen molar-refractivity contribution in [2.75, 3.05) is 56.1 Å². The summed E-state index contributed by atoms with van der Waals surface area (Å²) >= 11 is 2.36. The Morgan fingerprint density at radius 3 is 2.83 bits per heavy atom. The van der Waals surface area contributed by atoms with Gasteiger partial charge in [-0.2, -0.15) is 0 Å². The van der Waals surface area contributed by atoms with Crippen molar-refractivity contribution >= 4 is 50.3 Å². The molecule has 23 heavy (non-hydrogen) atoms. The van der Waals surface area contributed by atoms with E-state index in [1.807, 2.05) is 0 Å². The Hall–Kier alpha value is -0.580. The fourth-order valence-electron chi connectivity index (χ4n) is 2.56. The number of fused-ring (bicyclic) bond motifs is 1. The molecule has 0 radical (unpaired) electrons. The molecule has 6 nitrogen and oxygen atoms in total. The van der Waals surface area contributed by atoms with E-state index in [2.05, 4.69) is 60.7 Å². The average molecular weight is 449 g/mol. The summed E-state index contributed by atoms with van der Waals surface area (Å²) in [6.45, 7) is 4.58. The van der Waals surface area contributed by atoms with Gasteiger partial charge in [0.15, 0.2) is 0 Å². The highest BCUT2D eigenvalue weighted by atomic mass is 127. The summed E-state index contributed by atoms with van der Waals surface area (Å²) in [5.74, 6) is 2.11. The zero-order valence-electron chi connectivity index (χ0n) is 13.5. The highest BCUT2D eigenvalue weighted by Gasteiger charge is 2.20. The third kappa shape index (κ3) is 4.09.